The van der Waals surface area contributed by atoms with Crippen molar-refractivity contribution in [3.05, 3.63) is 94.0 Å². The van der Waals surface area contributed by atoms with Crippen molar-refractivity contribution in [2.24, 2.45) is 0 Å². The minimum atomic E-state index is -4.43. The molecule has 3 heterocycles. The molecule has 174 valence electrons. The zero-order valence-corrected chi connectivity index (χ0v) is 18.6. The topological polar surface area (TPSA) is 81.9 Å². The van der Waals surface area contributed by atoms with Crippen LogP contribution < -0.4 is 10.1 Å². The van der Waals surface area contributed by atoms with E-state index < -0.39 is 17.6 Å². The normalized spacial score (nSPS) is 11.3. The first-order valence-corrected chi connectivity index (χ1v) is 10.4. The van der Waals surface area contributed by atoms with E-state index in [0.29, 0.717) is 22.2 Å². The van der Waals surface area contributed by atoms with Crippen LogP contribution in [0.2, 0.25) is 10.0 Å². The smallest absolute Gasteiger partial charge is 0.416 e. The van der Waals surface area contributed by atoms with Crippen molar-refractivity contribution in [2.45, 2.75) is 12.7 Å². The van der Waals surface area contributed by atoms with Crippen molar-refractivity contribution in [2.75, 3.05) is 0 Å². The van der Waals surface area contributed by atoms with Gasteiger partial charge >= 0.3 is 6.18 Å². The number of hydrogen-bond donors (Lipinski definition) is 1. The van der Waals surface area contributed by atoms with Gasteiger partial charge in [-0.15, -0.1) is 10.2 Å². The quantitative estimate of drug-likeness (QED) is 0.361. The summed E-state index contributed by atoms with van der Waals surface area (Å²) in [7, 11) is 0. The Bertz CT molecular complexity index is 1310. The van der Waals surface area contributed by atoms with Gasteiger partial charge in [0.15, 0.2) is 5.82 Å². The first kappa shape index (κ1) is 23.5. The van der Waals surface area contributed by atoms with E-state index in [1.54, 1.807) is 24.4 Å². The van der Waals surface area contributed by atoms with Crippen molar-refractivity contribution < 1.29 is 22.7 Å². The Kier molecular flexibility index (Phi) is 6.71. The van der Waals surface area contributed by atoms with Crippen molar-refractivity contribution >= 4 is 29.1 Å². The maximum absolute atomic E-state index is 12.7. The van der Waals surface area contributed by atoms with Crippen LogP contribution in [0.5, 0.6) is 11.6 Å². The predicted octanol–water partition coefficient (Wildman–Crippen LogP) is 5.71. The maximum atomic E-state index is 12.7. The molecule has 0 fully saturated rings. The number of carbonyl (C=O) groups is 1. The Morgan fingerprint density at radius 3 is 2.47 bits per heavy atom. The van der Waals surface area contributed by atoms with E-state index in [1.807, 2.05) is 0 Å². The number of aromatic nitrogens is 4. The third-order valence-electron chi connectivity index (χ3n) is 4.53. The Morgan fingerprint density at radius 2 is 1.82 bits per heavy atom. The molecule has 0 aliphatic carbocycles. The van der Waals surface area contributed by atoms with Gasteiger partial charge in [-0.05, 0) is 48.5 Å². The summed E-state index contributed by atoms with van der Waals surface area (Å²) < 4.78 is 44.9. The molecule has 0 aliphatic heterocycles. The highest BCUT2D eigenvalue weighted by Gasteiger charge is 2.30. The number of halogens is 5. The summed E-state index contributed by atoms with van der Waals surface area (Å²) in [4.78, 5) is 16.8. The average molecular weight is 508 g/mol. The van der Waals surface area contributed by atoms with Crippen molar-refractivity contribution in [3.63, 3.8) is 0 Å². The number of pyridine rings is 1. The number of benzene rings is 1. The van der Waals surface area contributed by atoms with Crippen LogP contribution in [0.4, 0.5) is 13.2 Å². The van der Waals surface area contributed by atoms with Gasteiger partial charge < -0.3 is 10.1 Å². The summed E-state index contributed by atoms with van der Waals surface area (Å²) >= 11 is 12.1. The second-order valence-electron chi connectivity index (χ2n) is 6.89. The molecule has 0 saturated heterocycles. The molecule has 0 unspecified atom stereocenters. The Hall–Kier alpha value is -3.63. The molecule has 0 saturated carbocycles. The fourth-order valence-corrected chi connectivity index (χ4v) is 3.40. The highest BCUT2D eigenvalue weighted by atomic mass is 35.5. The first-order chi connectivity index (χ1) is 16.2. The molecule has 1 amide bonds. The number of carbonyl (C=O) groups excluding carboxylic acids is 1. The second kappa shape index (κ2) is 9.70. The number of rotatable bonds is 6. The molecule has 1 N–H and O–H groups in total. The molecule has 4 aromatic rings. The summed E-state index contributed by atoms with van der Waals surface area (Å²) in [5.41, 5.74) is -0.0434. The van der Waals surface area contributed by atoms with Gasteiger partial charge in [0.05, 0.1) is 27.8 Å². The molecule has 7 nitrogen and oxygen atoms in total. The maximum Gasteiger partial charge on any atom is 0.416 e. The molecule has 0 aliphatic rings. The van der Waals surface area contributed by atoms with Crippen LogP contribution in [0, 0.1) is 0 Å². The fraction of sp³-hybridized carbons (Fsp3) is 0.0909. The number of ether oxygens (including phenoxy) is 1. The number of nitrogens with one attached hydrogen (secondary N) is 1. The van der Waals surface area contributed by atoms with Crippen molar-refractivity contribution in [1.29, 1.82) is 0 Å². The molecule has 3 aromatic heterocycles. The Morgan fingerprint density at radius 1 is 1.06 bits per heavy atom. The van der Waals surface area contributed by atoms with E-state index in [9.17, 15) is 18.0 Å². The lowest BCUT2D eigenvalue weighted by Gasteiger charge is -2.11. The first-order valence-electron chi connectivity index (χ1n) is 9.65. The van der Waals surface area contributed by atoms with Crippen LogP contribution >= 0.6 is 23.2 Å². The van der Waals surface area contributed by atoms with Gasteiger partial charge in [0.1, 0.15) is 11.4 Å². The summed E-state index contributed by atoms with van der Waals surface area (Å²) in [6, 6.07) is 12.1. The van der Waals surface area contributed by atoms with E-state index in [-0.39, 0.29) is 23.2 Å². The van der Waals surface area contributed by atoms with Gasteiger partial charge in [-0.3, -0.25) is 9.36 Å². The second-order valence-corrected chi connectivity index (χ2v) is 7.74. The van der Waals surface area contributed by atoms with E-state index in [4.69, 9.17) is 27.9 Å². The molecular formula is C22H14Cl2F3N5O2. The largest absolute Gasteiger partial charge is 0.438 e. The summed E-state index contributed by atoms with van der Waals surface area (Å²) in [6.07, 6.45) is -1.36. The van der Waals surface area contributed by atoms with Crippen LogP contribution in [-0.2, 0) is 12.7 Å². The number of alkyl halides is 3. The van der Waals surface area contributed by atoms with Gasteiger partial charge in [0, 0.05) is 18.5 Å². The lowest BCUT2D eigenvalue weighted by atomic mass is 10.2. The standard InChI is InChI=1S/C22H14Cl2F3N5O2/c23-14-10-17(24)20(28-11-14)32-9-1-2-18(32)21(33)29-12-15-5-8-19(31-30-15)34-16-6-3-13(4-7-16)22(25,26)27/h1-11H,12H2,(H,29,33). The van der Waals surface area contributed by atoms with Crippen molar-refractivity contribution in [3.8, 4) is 17.4 Å². The SMILES string of the molecule is O=C(NCc1ccc(Oc2ccc(C(F)(F)F)cc2)nn1)c1cccn1-c1ncc(Cl)cc1Cl. The third kappa shape index (κ3) is 5.46. The zero-order valence-electron chi connectivity index (χ0n) is 17.1. The van der Waals surface area contributed by atoms with Gasteiger partial charge in [0.25, 0.3) is 5.91 Å². The molecule has 0 radical (unpaired) electrons. The monoisotopic (exact) mass is 507 g/mol. The molecule has 0 bridgehead atoms. The van der Waals surface area contributed by atoms with Crippen LogP contribution in [0.1, 0.15) is 21.7 Å². The van der Waals surface area contributed by atoms with E-state index >= 15 is 0 Å². The number of amides is 1. The molecular weight excluding hydrogens is 494 g/mol. The van der Waals surface area contributed by atoms with Gasteiger partial charge in [0.2, 0.25) is 5.88 Å². The molecule has 34 heavy (non-hydrogen) atoms. The predicted molar refractivity (Wildman–Crippen MR) is 118 cm³/mol. The van der Waals surface area contributed by atoms with E-state index in [1.165, 1.54) is 35.0 Å². The van der Waals surface area contributed by atoms with Gasteiger partial charge in [-0.1, -0.05) is 23.2 Å². The lowest BCUT2D eigenvalue weighted by Crippen LogP contribution is -2.25. The third-order valence-corrected chi connectivity index (χ3v) is 5.01. The summed E-state index contributed by atoms with van der Waals surface area (Å²) in [6.45, 7) is 0.0688. The number of nitrogens with zero attached hydrogens (tertiary/aromatic N) is 4. The minimum absolute atomic E-state index is 0.0688. The average Bonchev–Trinajstić information content (AvgIpc) is 3.28. The molecule has 1 aromatic carbocycles. The fourth-order valence-electron chi connectivity index (χ4n) is 2.93. The van der Waals surface area contributed by atoms with Crippen molar-refractivity contribution in [1.82, 2.24) is 25.1 Å². The minimum Gasteiger partial charge on any atom is -0.438 e. The van der Waals surface area contributed by atoms with E-state index in [0.717, 1.165) is 12.1 Å². The van der Waals surface area contributed by atoms with E-state index in [2.05, 4.69) is 20.5 Å². The van der Waals surface area contributed by atoms with Crippen LogP contribution in [-0.4, -0.2) is 25.7 Å². The Balaban J connectivity index is 1.38. The van der Waals surface area contributed by atoms with Crippen LogP contribution in [0.3, 0.4) is 0 Å². The number of hydrogen-bond acceptors (Lipinski definition) is 5. The van der Waals surface area contributed by atoms with Gasteiger partial charge in [-0.25, -0.2) is 4.98 Å². The van der Waals surface area contributed by atoms with Crippen LogP contribution in [0.25, 0.3) is 5.82 Å². The van der Waals surface area contributed by atoms with Gasteiger partial charge in [-0.2, -0.15) is 13.2 Å². The highest BCUT2D eigenvalue weighted by Crippen LogP contribution is 2.31. The zero-order chi connectivity index (χ0) is 24.3. The molecule has 0 atom stereocenters. The molecule has 0 spiro atoms. The lowest BCUT2D eigenvalue weighted by molar-refractivity contribution is -0.137. The van der Waals surface area contributed by atoms with Crippen LogP contribution in [0.15, 0.2) is 67.0 Å². The highest BCUT2D eigenvalue weighted by molar-refractivity contribution is 6.35. The molecule has 12 heteroatoms. The Labute approximate surface area is 201 Å². The summed E-state index contributed by atoms with van der Waals surface area (Å²) in [5, 5.41) is 11.2. The molecule has 4 rings (SSSR count). The summed E-state index contributed by atoms with van der Waals surface area (Å²) in [5.74, 6) is 0.223.